The van der Waals surface area contributed by atoms with E-state index in [9.17, 15) is 16.8 Å². The Kier molecular flexibility index (Phi) is 4.72. The summed E-state index contributed by atoms with van der Waals surface area (Å²) in [6, 6.07) is 4.83. The number of primary sulfonamides is 1. The number of benzene rings is 1. The molecule has 2 rings (SSSR count). The maximum Gasteiger partial charge on any atom is 0.240 e. The normalized spacial score (nSPS) is 17.6. The third kappa shape index (κ3) is 4.50. The molecule has 118 valence electrons. The Morgan fingerprint density at radius 2 is 1.67 bits per heavy atom. The van der Waals surface area contributed by atoms with Gasteiger partial charge in [-0.15, -0.1) is 0 Å². The van der Waals surface area contributed by atoms with Gasteiger partial charge in [-0.1, -0.05) is 19.8 Å². The lowest BCUT2D eigenvalue weighted by atomic mass is 10.1. The molecule has 1 atom stereocenters. The molecule has 1 aromatic carbocycles. The second-order valence-electron chi connectivity index (χ2n) is 5.42. The van der Waals surface area contributed by atoms with Gasteiger partial charge in [-0.2, -0.15) is 0 Å². The third-order valence-corrected chi connectivity index (χ3v) is 6.06. The van der Waals surface area contributed by atoms with E-state index in [1.807, 2.05) is 6.92 Å². The van der Waals surface area contributed by atoms with Crippen LogP contribution in [0.4, 0.5) is 0 Å². The van der Waals surface area contributed by atoms with E-state index in [0.717, 1.165) is 12.8 Å². The Hall–Kier alpha value is -0.960. The van der Waals surface area contributed by atoms with Crippen LogP contribution in [0, 0.1) is 5.92 Å². The van der Waals surface area contributed by atoms with Crippen molar-refractivity contribution < 1.29 is 16.8 Å². The second kappa shape index (κ2) is 6.04. The third-order valence-electron chi connectivity index (χ3n) is 3.59. The Morgan fingerprint density at radius 3 is 2.10 bits per heavy atom. The zero-order chi connectivity index (χ0) is 15.7. The molecule has 0 aliphatic heterocycles. The number of hydrogen-bond acceptors (Lipinski definition) is 4. The molecule has 21 heavy (non-hydrogen) atoms. The Labute approximate surface area is 125 Å². The molecule has 0 saturated heterocycles. The summed E-state index contributed by atoms with van der Waals surface area (Å²) >= 11 is 0. The number of rotatable bonds is 7. The molecule has 3 N–H and O–H groups in total. The fraction of sp³-hybridized carbons (Fsp3) is 0.538. The smallest absolute Gasteiger partial charge is 0.225 e. The summed E-state index contributed by atoms with van der Waals surface area (Å²) in [5.74, 6) is 0.627. The minimum atomic E-state index is -3.82. The van der Waals surface area contributed by atoms with E-state index in [4.69, 9.17) is 5.14 Å². The first-order chi connectivity index (χ1) is 9.72. The van der Waals surface area contributed by atoms with E-state index in [-0.39, 0.29) is 15.8 Å². The first-order valence-electron chi connectivity index (χ1n) is 6.87. The number of hydrogen-bond donors (Lipinski definition) is 2. The maximum atomic E-state index is 12.3. The van der Waals surface area contributed by atoms with Crippen molar-refractivity contribution in [3.8, 4) is 0 Å². The van der Waals surface area contributed by atoms with Crippen molar-refractivity contribution in [2.75, 3.05) is 0 Å². The summed E-state index contributed by atoms with van der Waals surface area (Å²) in [5, 5.41) is 4.99. The molecule has 1 aliphatic carbocycles. The molecule has 0 heterocycles. The Bertz CT molecular complexity index is 692. The van der Waals surface area contributed by atoms with Crippen molar-refractivity contribution in [2.45, 2.75) is 48.4 Å². The van der Waals surface area contributed by atoms with Crippen molar-refractivity contribution in [3.63, 3.8) is 0 Å². The maximum absolute atomic E-state index is 12.3. The summed E-state index contributed by atoms with van der Waals surface area (Å²) in [4.78, 5) is -0.0596. The molecule has 0 bridgehead atoms. The average Bonchev–Trinajstić information content (AvgIpc) is 3.21. The van der Waals surface area contributed by atoms with Gasteiger partial charge in [-0.05, 0) is 43.0 Å². The van der Waals surface area contributed by atoms with E-state index in [2.05, 4.69) is 4.72 Å². The van der Waals surface area contributed by atoms with Crippen LogP contribution in [0.25, 0.3) is 0 Å². The Morgan fingerprint density at radius 1 is 1.14 bits per heavy atom. The topological polar surface area (TPSA) is 106 Å². The molecule has 6 nitrogen and oxygen atoms in total. The van der Waals surface area contributed by atoms with Gasteiger partial charge in [0.25, 0.3) is 0 Å². The van der Waals surface area contributed by atoms with Crippen LogP contribution < -0.4 is 9.86 Å². The van der Waals surface area contributed by atoms with Crippen LogP contribution >= 0.6 is 0 Å². The van der Waals surface area contributed by atoms with Gasteiger partial charge >= 0.3 is 0 Å². The van der Waals surface area contributed by atoms with Crippen molar-refractivity contribution in [3.05, 3.63) is 24.3 Å². The quantitative estimate of drug-likeness (QED) is 0.782. The highest BCUT2D eigenvalue weighted by Gasteiger charge is 2.27. The predicted molar refractivity (Wildman–Crippen MR) is 79.6 cm³/mol. The first kappa shape index (κ1) is 16.4. The molecule has 1 aromatic rings. The molecule has 1 aliphatic rings. The van der Waals surface area contributed by atoms with Gasteiger partial charge in [0.1, 0.15) is 0 Å². The van der Waals surface area contributed by atoms with Gasteiger partial charge in [0.05, 0.1) is 9.79 Å². The van der Waals surface area contributed by atoms with Gasteiger partial charge in [0, 0.05) is 6.04 Å². The van der Waals surface area contributed by atoms with Gasteiger partial charge in [-0.3, -0.25) is 0 Å². The van der Waals surface area contributed by atoms with Crippen LogP contribution in [0.2, 0.25) is 0 Å². The molecule has 0 amide bonds. The first-order valence-corrected chi connectivity index (χ1v) is 9.90. The lowest BCUT2D eigenvalue weighted by Crippen LogP contribution is -2.34. The van der Waals surface area contributed by atoms with Crippen molar-refractivity contribution in [1.82, 2.24) is 4.72 Å². The lowest BCUT2D eigenvalue weighted by molar-refractivity contribution is 0.495. The van der Waals surface area contributed by atoms with Gasteiger partial charge in [-0.25, -0.2) is 26.7 Å². The Balaban J connectivity index is 2.14. The fourth-order valence-electron chi connectivity index (χ4n) is 2.15. The predicted octanol–water partition coefficient (Wildman–Crippen LogP) is 1.19. The highest BCUT2D eigenvalue weighted by molar-refractivity contribution is 7.89. The van der Waals surface area contributed by atoms with Crippen molar-refractivity contribution >= 4 is 20.0 Å². The van der Waals surface area contributed by atoms with E-state index in [1.165, 1.54) is 37.1 Å². The van der Waals surface area contributed by atoms with E-state index in [0.29, 0.717) is 5.92 Å². The van der Waals surface area contributed by atoms with Gasteiger partial charge < -0.3 is 0 Å². The summed E-state index contributed by atoms with van der Waals surface area (Å²) in [6.07, 6.45) is 3.92. The molecular formula is C13H20N2O4S2. The number of nitrogens with one attached hydrogen (secondary N) is 1. The monoisotopic (exact) mass is 332 g/mol. The zero-order valence-corrected chi connectivity index (χ0v) is 13.5. The van der Waals surface area contributed by atoms with E-state index < -0.39 is 20.0 Å². The summed E-state index contributed by atoms with van der Waals surface area (Å²) < 4.78 is 49.5. The summed E-state index contributed by atoms with van der Waals surface area (Å²) in [5.41, 5.74) is 0. The second-order valence-corrected chi connectivity index (χ2v) is 8.70. The van der Waals surface area contributed by atoms with E-state index in [1.54, 1.807) is 0 Å². The van der Waals surface area contributed by atoms with Crippen LogP contribution in [-0.2, 0) is 20.0 Å². The molecule has 0 radical (unpaired) electrons. The van der Waals surface area contributed by atoms with Crippen LogP contribution in [0.1, 0.15) is 32.6 Å². The van der Waals surface area contributed by atoms with Crippen molar-refractivity contribution in [1.29, 1.82) is 0 Å². The average molecular weight is 332 g/mol. The van der Waals surface area contributed by atoms with Gasteiger partial charge in [0.2, 0.25) is 20.0 Å². The highest BCUT2D eigenvalue weighted by Crippen LogP contribution is 2.34. The van der Waals surface area contributed by atoms with Crippen LogP contribution in [0.5, 0.6) is 0 Å². The van der Waals surface area contributed by atoms with Crippen LogP contribution in [0.3, 0.4) is 0 Å². The molecule has 1 fully saturated rings. The lowest BCUT2D eigenvalue weighted by Gasteiger charge is -2.16. The highest BCUT2D eigenvalue weighted by atomic mass is 32.2. The molecule has 0 aromatic heterocycles. The SMILES string of the molecule is CCC(CC1CC1)NS(=O)(=O)c1ccc(S(N)(=O)=O)cc1. The minimum Gasteiger partial charge on any atom is -0.225 e. The number of sulfonamides is 2. The van der Waals surface area contributed by atoms with Crippen LogP contribution in [0.15, 0.2) is 34.1 Å². The molecule has 1 saturated carbocycles. The molecular weight excluding hydrogens is 312 g/mol. The standard InChI is InChI=1S/C13H20N2O4S2/c1-2-11(9-10-3-4-10)15-21(18,19)13-7-5-12(6-8-13)20(14,16)17/h5-8,10-11,15H,2-4,9H2,1H3,(H2,14,16,17). The van der Waals surface area contributed by atoms with E-state index >= 15 is 0 Å². The summed E-state index contributed by atoms with van der Waals surface area (Å²) in [6.45, 7) is 1.94. The zero-order valence-electron chi connectivity index (χ0n) is 11.8. The molecule has 0 spiro atoms. The molecule has 8 heteroatoms. The largest absolute Gasteiger partial charge is 0.240 e. The summed E-state index contributed by atoms with van der Waals surface area (Å²) in [7, 11) is -7.45. The van der Waals surface area contributed by atoms with Crippen LogP contribution in [-0.4, -0.2) is 22.9 Å². The van der Waals surface area contributed by atoms with Gasteiger partial charge in [0.15, 0.2) is 0 Å². The van der Waals surface area contributed by atoms with Crippen molar-refractivity contribution in [2.24, 2.45) is 11.1 Å². The number of nitrogens with two attached hydrogens (primary N) is 1. The fourth-order valence-corrected chi connectivity index (χ4v) is 4.00. The molecule has 1 unspecified atom stereocenters. The minimum absolute atomic E-state index is 0.0455.